The number of nitrogens with zero attached hydrogens (tertiary/aromatic N) is 2. The van der Waals surface area contributed by atoms with Crippen LogP contribution in [0.15, 0.2) is 65.3 Å². The Bertz CT molecular complexity index is 1550. The van der Waals surface area contributed by atoms with Crippen molar-refractivity contribution in [2.45, 2.75) is 31.7 Å². The van der Waals surface area contributed by atoms with Gasteiger partial charge >= 0.3 is 5.97 Å². The SMILES string of the molecule is CNC(=O)[C@@H](NC(=O)c1ccc(-c2cccc(CCC(=O)c3cn4cc(C(=O)O)ccc4n3)c2)o1)C1CC1. The largest absolute Gasteiger partial charge is 0.478 e. The summed E-state index contributed by atoms with van der Waals surface area (Å²) in [5, 5.41) is 14.5. The van der Waals surface area contributed by atoms with Crippen LogP contribution in [0.5, 0.6) is 0 Å². The lowest BCUT2D eigenvalue weighted by Gasteiger charge is -2.15. The summed E-state index contributed by atoms with van der Waals surface area (Å²) in [4.78, 5) is 53.0. The van der Waals surface area contributed by atoms with E-state index in [0.717, 1.165) is 24.0 Å². The van der Waals surface area contributed by atoms with Crippen molar-refractivity contribution in [2.24, 2.45) is 5.92 Å². The van der Waals surface area contributed by atoms with Crippen LogP contribution in [0.25, 0.3) is 17.0 Å². The molecule has 4 aromatic rings. The molecule has 0 unspecified atom stereocenters. The van der Waals surface area contributed by atoms with Gasteiger partial charge < -0.3 is 24.6 Å². The number of carboxylic acid groups (broad SMARTS) is 1. The molecule has 0 bridgehead atoms. The van der Waals surface area contributed by atoms with Crippen molar-refractivity contribution < 1.29 is 28.7 Å². The number of carbonyl (C=O) groups excluding carboxylic acids is 3. The number of imidazole rings is 1. The Morgan fingerprint density at radius 3 is 2.66 bits per heavy atom. The van der Waals surface area contributed by atoms with Crippen molar-refractivity contribution in [3.63, 3.8) is 0 Å². The van der Waals surface area contributed by atoms with Crippen molar-refractivity contribution in [3.05, 3.63) is 83.5 Å². The van der Waals surface area contributed by atoms with Gasteiger partial charge in [-0.1, -0.05) is 18.2 Å². The Kier molecular flexibility index (Phi) is 6.78. The molecule has 3 aromatic heterocycles. The van der Waals surface area contributed by atoms with Gasteiger partial charge in [-0.05, 0) is 61.1 Å². The molecule has 0 aliphatic heterocycles. The van der Waals surface area contributed by atoms with Crippen LogP contribution in [-0.4, -0.2) is 51.1 Å². The van der Waals surface area contributed by atoms with Crippen molar-refractivity contribution in [2.75, 3.05) is 7.05 Å². The number of pyridine rings is 1. The van der Waals surface area contributed by atoms with E-state index < -0.39 is 17.9 Å². The predicted octanol–water partition coefficient (Wildman–Crippen LogP) is 3.36. The molecule has 3 N–H and O–H groups in total. The first-order valence-electron chi connectivity index (χ1n) is 12.3. The standard InChI is InChI=1S/C28H26N4O6/c1-29-27(35)25(17-6-7-17)31-26(34)23-11-10-22(38-23)18-4-2-3-16(13-18)5-9-21(33)20-15-32-14-19(28(36)37)8-12-24(32)30-20/h2-4,8,10-15,17,25H,5-7,9H2,1H3,(H,29,35)(H,31,34)(H,36,37)/t25-/m0/s1. The highest BCUT2D eigenvalue weighted by Crippen LogP contribution is 2.33. The van der Waals surface area contributed by atoms with E-state index in [-0.39, 0.29) is 41.0 Å². The highest BCUT2D eigenvalue weighted by molar-refractivity contribution is 5.96. The number of benzene rings is 1. The number of fused-ring (bicyclic) bond motifs is 1. The molecular weight excluding hydrogens is 488 g/mol. The van der Waals surface area contributed by atoms with E-state index in [1.807, 2.05) is 24.3 Å². The Balaban J connectivity index is 1.23. The number of furan rings is 1. The van der Waals surface area contributed by atoms with Crippen molar-refractivity contribution in [1.29, 1.82) is 0 Å². The van der Waals surface area contributed by atoms with Crippen molar-refractivity contribution >= 4 is 29.2 Å². The van der Waals surface area contributed by atoms with Crippen LogP contribution < -0.4 is 10.6 Å². The molecule has 5 rings (SSSR count). The number of hydrogen-bond donors (Lipinski definition) is 3. The maximum Gasteiger partial charge on any atom is 0.337 e. The lowest BCUT2D eigenvalue weighted by atomic mass is 10.0. The molecular formula is C28H26N4O6. The van der Waals surface area contributed by atoms with Gasteiger partial charge in [0.25, 0.3) is 5.91 Å². The van der Waals surface area contributed by atoms with E-state index in [9.17, 15) is 19.2 Å². The summed E-state index contributed by atoms with van der Waals surface area (Å²) < 4.78 is 7.32. The van der Waals surface area contributed by atoms with Gasteiger partial charge in [-0.25, -0.2) is 9.78 Å². The van der Waals surface area contributed by atoms with Gasteiger partial charge in [-0.3, -0.25) is 14.4 Å². The second-order valence-electron chi connectivity index (χ2n) is 9.30. The number of carbonyl (C=O) groups is 4. The molecule has 0 spiro atoms. The Morgan fingerprint density at radius 1 is 1.11 bits per heavy atom. The molecule has 38 heavy (non-hydrogen) atoms. The number of likely N-dealkylation sites (N-methyl/N-ethyl adjacent to an activating group) is 1. The summed E-state index contributed by atoms with van der Waals surface area (Å²) in [7, 11) is 1.55. The zero-order valence-corrected chi connectivity index (χ0v) is 20.6. The van der Waals surface area contributed by atoms with Gasteiger partial charge in [0.2, 0.25) is 5.91 Å². The van der Waals surface area contributed by atoms with E-state index in [0.29, 0.717) is 17.8 Å². The first-order chi connectivity index (χ1) is 18.3. The third-order valence-corrected chi connectivity index (χ3v) is 6.57. The molecule has 10 heteroatoms. The molecule has 1 aliphatic rings. The van der Waals surface area contributed by atoms with Crippen molar-refractivity contribution in [3.8, 4) is 11.3 Å². The number of rotatable bonds is 10. The molecule has 0 radical (unpaired) electrons. The van der Waals surface area contributed by atoms with E-state index in [2.05, 4.69) is 15.6 Å². The summed E-state index contributed by atoms with van der Waals surface area (Å²) in [5.41, 5.74) is 2.54. The van der Waals surface area contributed by atoms with Crippen molar-refractivity contribution in [1.82, 2.24) is 20.0 Å². The third-order valence-electron chi connectivity index (χ3n) is 6.57. The number of ketones is 1. The van der Waals surface area contributed by atoms with Crippen LogP contribution in [0.2, 0.25) is 0 Å². The minimum atomic E-state index is -1.05. The minimum Gasteiger partial charge on any atom is -0.478 e. The normalized spacial score (nSPS) is 13.7. The van der Waals surface area contributed by atoms with E-state index >= 15 is 0 Å². The van der Waals surface area contributed by atoms with E-state index in [1.54, 1.807) is 25.2 Å². The zero-order chi connectivity index (χ0) is 26.8. The first kappa shape index (κ1) is 24.9. The molecule has 0 saturated heterocycles. The lowest BCUT2D eigenvalue weighted by Crippen LogP contribution is -2.47. The average Bonchev–Trinajstić information content (AvgIpc) is 3.47. The molecule has 1 atom stereocenters. The minimum absolute atomic E-state index is 0.110. The van der Waals surface area contributed by atoms with Crippen LogP contribution in [0.1, 0.15) is 56.2 Å². The molecule has 1 aliphatic carbocycles. The maximum absolute atomic E-state index is 12.8. The molecule has 3 heterocycles. The number of nitrogens with one attached hydrogen (secondary N) is 2. The van der Waals surface area contributed by atoms with Crippen LogP contribution in [0.4, 0.5) is 0 Å². The number of aryl methyl sites for hydroxylation is 1. The van der Waals surface area contributed by atoms with E-state index in [1.165, 1.54) is 22.9 Å². The number of carboxylic acids is 1. The summed E-state index contributed by atoms with van der Waals surface area (Å²) in [5.74, 6) is -1.10. The zero-order valence-electron chi connectivity index (χ0n) is 20.6. The molecule has 1 fully saturated rings. The van der Waals surface area contributed by atoms with Gasteiger partial charge in [0.05, 0.1) is 5.56 Å². The average molecular weight is 515 g/mol. The van der Waals surface area contributed by atoms with Gasteiger partial charge in [0, 0.05) is 31.4 Å². The fraction of sp³-hybridized carbons (Fsp3) is 0.250. The summed E-state index contributed by atoms with van der Waals surface area (Å²) in [6, 6.07) is 13.2. The third kappa shape index (κ3) is 5.34. The summed E-state index contributed by atoms with van der Waals surface area (Å²) in [6.45, 7) is 0. The summed E-state index contributed by atoms with van der Waals surface area (Å²) in [6.07, 6.45) is 5.44. The number of hydrogen-bond acceptors (Lipinski definition) is 6. The molecule has 1 aromatic carbocycles. The predicted molar refractivity (Wildman–Crippen MR) is 137 cm³/mol. The molecule has 194 valence electrons. The maximum atomic E-state index is 12.8. The number of amides is 2. The van der Waals surface area contributed by atoms with Gasteiger partial charge in [-0.2, -0.15) is 0 Å². The van der Waals surface area contributed by atoms with Gasteiger partial charge in [0.15, 0.2) is 11.5 Å². The summed E-state index contributed by atoms with van der Waals surface area (Å²) >= 11 is 0. The first-order valence-corrected chi connectivity index (χ1v) is 12.3. The second kappa shape index (κ2) is 10.3. The van der Waals surface area contributed by atoms with Crippen LogP contribution in [0.3, 0.4) is 0 Å². The fourth-order valence-corrected chi connectivity index (χ4v) is 4.33. The Labute approximate surface area is 217 Å². The smallest absolute Gasteiger partial charge is 0.337 e. The molecule has 2 amide bonds. The number of aromatic carboxylic acids is 1. The number of aromatic nitrogens is 2. The van der Waals surface area contributed by atoms with Crippen LogP contribution >= 0.6 is 0 Å². The molecule has 10 nitrogen and oxygen atoms in total. The second-order valence-corrected chi connectivity index (χ2v) is 9.30. The van der Waals surface area contributed by atoms with Gasteiger partial charge in [-0.15, -0.1) is 0 Å². The topological polar surface area (TPSA) is 143 Å². The lowest BCUT2D eigenvalue weighted by molar-refractivity contribution is -0.122. The van der Waals surface area contributed by atoms with Crippen LogP contribution in [-0.2, 0) is 11.2 Å². The highest BCUT2D eigenvalue weighted by Gasteiger charge is 2.37. The fourth-order valence-electron chi connectivity index (χ4n) is 4.33. The van der Waals surface area contributed by atoms with Crippen LogP contribution in [0, 0.1) is 5.92 Å². The molecule has 1 saturated carbocycles. The number of Topliss-reactive ketones (excluding diaryl/α,β-unsaturated/α-hetero) is 1. The van der Waals surface area contributed by atoms with Gasteiger partial charge in [0.1, 0.15) is 23.1 Å². The Hall–Kier alpha value is -4.73. The highest BCUT2D eigenvalue weighted by atomic mass is 16.4. The Morgan fingerprint density at radius 2 is 1.92 bits per heavy atom. The van der Waals surface area contributed by atoms with E-state index in [4.69, 9.17) is 9.52 Å². The quantitative estimate of drug-likeness (QED) is 0.275. The monoisotopic (exact) mass is 514 g/mol.